The number of nitrogens with two attached hydrogens (primary N) is 2. The first-order chi connectivity index (χ1) is 9.80. The standard InChI is InChI=1S/C14H21N3O3S/c1-10-4-5-11(8-12(10)13(16)18)21(19,20)17-14(9-15)6-2-3-7-14/h4-5,8,17H,2-3,6-7,9,15H2,1H3,(H2,16,18). The van der Waals surface area contributed by atoms with Crippen molar-refractivity contribution in [1.82, 2.24) is 4.72 Å². The summed E-state index contributed by atoms with van der Waals surface area (Å²) >= 11 is 0. The fourth-order valence-electron chi connectivity index (χ4n) is 2.78. The lowest BCUT2D eigenvalue weighted by Gasteiger charge is -2.28. The maximum absolute atomic E-state index is 12.5. The summed E-state index contributed by atoms with van der Waals surface area (Å²) in [5.74, 6) is -0.640. The summed E-state index contributed by atoms with van der Waals surface area (Å²) < 4.78 is 27.8. The molecule has 0 heterocycles. The lowest BCUT2D eigenvalue weighted by Crippen LogP contribution is -2.51. The predicted molar refractivity (Wildman–Crippen MR) is 80.3 cm³/mol. The van der Waals surface area contributed by atoms with Gasteiger partial charge in [0.25, 0.3) is 0 Å². The van der Waals surface area contributed by atoms with E-state index in [4.69, 9.17) is 11.5 Å². The number of nitrogens with one attached hydrogen (secondary N) is 1. The first-order valence-electron chi connectivity index (χ1n) is 6.94. The van der Waals surface area contributed by atoms with Crippen molar-refractivity contribution < 1.29 is 13.2 Å². The van der Waals surface area contributed by atoms with E-state index in [9.17, 15) is 13.2 Å². The van der Waals surface area contributed by atoms with Gasteiger partial charge in [0.2, 0.25) is 15.9 Å². The van der Waals surface area contributed by atoms with Crippen LogP contribution in [0.25, 0.3) is 0 Å². The minimum Gasteiger partial charge on any atom is -0.366 e. The Kier molecular flexibility index (Phi) is 4.36. The number of sulfonamides is 1. The van der Waals surface area contributed by atoms with Crippen LogP contribution in [-0.2, 0) is 10.0 Å². The van der Waals surface area contributed by atoms with Crippen molar-refractivity contribution in [2.45, 2.75) is 43.0 Å². The Morgan fingerprint density at radius 3 is 2.48 bits per heavy atom. The third-order valence-corrected chi connectivity index (χ3v) is 5.66. The average molecular weight is 311 g/mol. The van der Waals surface area contributed by atoms with E-state index in [-0.39, 0.29) is 17.0 Å². The van der Waals surface area contributed by atoms with Crippen molar-refractivity contribution in [2.24, 2.45) is 11.5 Å². The zero-order valence-corrected chi connectivity index (χ0v) is 12.9. The minimum absolute atomic E-state index is 0.0432. The van der Waals surface area contributed by atoms with E-state index in [1.807, 2.05) is 0 Å². The van der Waals surface area contributed by atoms with Gasteiger partial charge in [0.05, 0.1) is 4.90 Å². The normalized spacial score (nSPS) is 17.8. The van der Waals surface area contributed by atoms with Gasteiger partial charge in [-0.2, -0.15) is 0 Å². The second-order valence-electron chi connectivity index (χ2n) is 5.64. The van der Waals surface area contributed by atoms with Gasteiger partial charge >= 0.3 is 0 Å². The molecule has 116 valence electrons. The number of primary amides is 1. The molecular weight excluding hydrogens is 290 g/mol. The molecule has 6 nitrogen and oxygen atoms in total. The maximum Gasteiger partial charge on any atom is 0.249 e. The van der Waals surface area contributed by atoms with Gasteiger partial charge in [0.1, 0.15) is 0 Å². The summed E-state index contributed by atoms with van der Waals surface area (Å²) in [4.78, 5) is 11.4. The minimum atomic E-state index is -3.72. The van der Waals surface area contributed by atoms with E-state index < -0.39 is 21.5 Å². The smallest absolute Gasteiger partial charge is 0.249 e. The molecule has 0 aromatic heterocycles. The third kappa shape index (κ3) is 3.25. The van der Waals surface area contributed by atoms with E-state index in [1.54, 1.807) is 13.0 Å². The van der Waals surface area contributed by atoms with E-state index in [0.717, 1.165) is 25.7 Å². The largest absolute Gasteiger partial charge is 0.366 e. The van der Waals surface area contributed by atoms with Gasteiger partial charge in [0.15, 0.2) is 0 Å². The number of carbonyl (C=O) groups is 1. The fraction of sp³-hybridized carbons (Fsp3) is 0.500. The highest BCUT2D eigenvalue weighted by atomic mass is 32.2. The molecule has 7 heteroatoms. The lowest BCUT2D eigenvalue weighted by atomic mass is 10.0. The third-order valence-electron chi connectivity index (χ3n) is 4.09. The highest BCUT2D eigenvalue weighted by Gasteiger charge is 2.36. The molecule has 21 heavy (non-hydrogen) atoms. The number of hydrogen-bond acceptors (Lipinski definition) is 4. The van der Waals surface area contributed by atoms with E-state index >= 15 is 0 Å². The molecular formula is C14H21N3O3S. The molecule has 0 bridgehead atoms. The number of benzene rings is 1. The van der Waals surface area contributed by atoms with Crippen molar-refractivity contribution in [3.05, 3.63) is 29.3 Å². The Morgan fingerprint density at radius 1 is 1.33 bits per heavy atom. The van der Waals surface area contributed by atoms with Gasteiger partial charge in [-0.05, 0) is 37.5 Å². The van der Waals surface area contributed by atoms with Gasteiger partial charge in [-0.25, -0.2) is 13.1 Å². The summed E-state index contributed by atoms with van der Waals surface area (Å²) in [5, 5.41) is 0. The molecule has 1 aromatic carbocycles. The fourth-order valence-corrected chi connectivity index (χ4v) is 4.27. The Labute approximate surface area is 124 Å². The molecule has 1 aromatic rings. The van der Waals surface area contributed by atoms with Gasteiger partial charge in [0, 0.05) is 17.6 Å². The van der Waals surface area contributed by atoms with Crippen LogP contribution in [0, 0.1) is 6.92 Å². The number of aryl methyl sites for hydroxylation is 1. The molecule has 1 saturated carbocycles. The van der Waals surface area contributed by atoms with Crippen LogP contribution in [0.2, 0.25) is 0 Å². The van der Waals surface area contributed by atoms with Crippen LogP contribution in [0.4, 0.5) is 0 Å². The Bertz CT molecular complexity index is 649. The van der Waals surface area contributed by atoms with Gasteiger partial charge in [-0.3, -0.25) is 4.79 Å². The highest BCUT2D eigenvalue weighted by Crippen LogP contribution is 2.30. The van der Waals surface area contributed by atoms with Crippen molar-refractivity contribution in [3.63, 3.8) is 0 Å². The molecule has 1 fully saturated rings. The van der Waals surface area contributed by atoms with Crippen LogP contribution in [0.1, 0.15) is 41.6 Å². The molecule has 1 aliphatic carbocycles. The van der Waals surface area contributed by atoms with Crippen molar-refractivity contribution in [2.75, 3.05) is 6.54 Å². The summed E-state index contributed by atoms with van der Waals surface area (Å²) in [6.07, 6.45) is 3.38. The van der Waals surface area contributed by atoms with E-state index in [0.29, 0.717) is 5.56 Å². The topological polar surface area (TPSA) is 115 Å². The molecule has 0 aliphatic heterocycles. The molecule has 0 spiro atoms. The highest BCUT2D eigenvalue weighted by molar-refractivity contribution is 7.89. The molecule has 2 rings (SSSR count). The van der Waals surface area contributed by atoms with Crippen LogP contribution < -0.4 is 16.2 Å². The van der Waals surface area contributed by atoms with Gasteiger partial charge in [-0.15, -0.1) is 0 Å². The molecule has 5 N–H and O–H groups in total. The van der Waals surface area contributed by atoms with Crippen molar-refractivity contribution in [3.8, 4) is 0 Å². The predicted octanol–water partition coefficient (Wildman–Crippen LogP) is 0.644. The monoisotopic (exact) mass is 311 g/mol. The second kappa shape index (κ2) is 5.75. The van der Waals surface area contributed by atoms with Crippen LogP contribution in [0.5, 0.6) is 0 Å². The maximum atomic E-state index is 12.5. The van der Waals surface area contributed by atoms with Crippen molar-refractivity contribution >= 4 is 15.9 Å². The number of hydrogen-bond donors (Lipinski definition) is 3. The number of amides is 1. The first kappa shape index (κ1) is 15.9. The zero-order valence-electron chi connectivity index (χ0n) is 12.1. The van der Waals surface area contributed by atoms with Crippen molar-refractivity contribution in [1.29, 1.82) is 0 Å². The molecule has 1 amide bonds. The molecule has 0 unspecified atom stereocenters. The molecule has 0 atom stereocenters. The van der Waals surface area contributed by atoms with E-state index in [1.165, 1.54) is 12.1 Å². The molecule has 0 radical (unpaired) electrons. The average Bonchev–Trinajstić information content (AvgIpc) is 2.87. The van der Waals surface area contributed by atoms with Crippen LogP contribution in [-0.4, -0.2) is 26.4 Å². The number of rotatable bonds is 5. The van der Waals surface area contributed by atoms with Crippen LogP contribution in [0.15, 0.2) is 23.1 Å². The Hall–Kier alpha value is -1.44. The Balaban J connectivity index is 2.36. The first-order valence-corrected chi connectivity index (χ1v) is 8.42. The number of carbonyl (C=O) groups excluding carboxylic acids is 1. The molecule has 1 aliphatic rings. The lowest BCUT2D eigenvalue weighted by molar-refractivity contribution is 0.0999. The van der Waals surface area contributed by atoms with Gasteiger partial charge < -0.3 is 11.5 Å². The second-order valence-corrected chi connectivity index (χ2v) is 7.32. The van der Waals surface area contributed by atoms with Gasteiger partial charge in [-0.1, -0.05) is 18.9 Å². The Morgan fingerprint density at radius 2 is 1.95 bits per heavy atom. The summed E-state index contributed by atoms with van der Waals surface area (Å²) in [6.45, 7) is 1.98. The SMILES string of the molecule is Cc1ccc(S(=O)(=O)NC2(CN)CCCC2)cc1C(N)=O. The van der Waals surface area contributed by atoms with Crippen LogP contribution in [0.3, 0.4) is 0 Å². The van der Waals surface area contributed by atoms with E-state index in [2.05, 4.69) is 4.72 Å². The summed E-state index contributed by atoms with van der Waals surface area (Å²) in [6, 6.07) is 4.38. The van der Waals surface area contributed by atoms with Crippen LogP contribution >= 0.6 is 0 Å². The molecule has 0 saturated heterocycles. The summed E-state index contributed by atoms with van der Waals surface area (Å²) in [5.41, 5.74) is 11.3. The summed E-state index contributed by atoms with van der Waals surface area (Å²) in [7, 11) is -3.72. The zero-order chi connectivity index (χ0) is 15.7. The quantitative estimate of drug-likeness (QED) is 0.740.